The van der Waals surface area contributed by atoms with Crippen LogP contribution < -0.4 is 10.6 Å². The molecule has 0 saturated carbocycles. The van der Waals surface area contributed by atoms with Gasteiger partial charge >= 0.3 is 0 Å². The van der Waals surface area contributed by atoms with Crippen molar-refractivity contribution in [1.29, 1.82) is 0 Å². The van der Waals surface area contributed by atoms with Gasteiger partial charge in [0.15, 0.2) is 0 Å². The van der Waals surface area contributed by atoms with Gasteiger partial charge in [-0.25, -0.2) is 0 Å². The van der Waals surface area contributed by atoms with Gasteiger partial charge in [0.2, 0.25) is 5.91 Å². The van der Waals surface area contributed by atoms with Crippen LogP contribution in [0.5, 0.6) is 0 Å². The topological polar surface area (TPSA) is 62.2 Å². The van der Waals surface area contributed by atoms with Crippen molar-refractivity contribution < 1.29 is 4.79 Å². The number of hydrogen-bond donors (Lipinski definition) is 2. The first-order chi connectivity index (χ1) is 11.3. The summed E-state index contributed by atoms with van der Waals surface area (Å²) in [5.74, 6) is 0.550. The van der Waals surface area contributed by atoms with E-state index in [0.717, 1.165) is 32.6 Å². The van der Waals surface area contributed by atoms with Gasteiger partial charge in [0.25, 0.3) is 0 Å². The largest absolute Gasteiger partial charge is 0.354 e. The zero-order chi connectivity index (χ0) is 15.9. The average molecular weight is 392 g/mol. The second-order valence-corrected chi connectivity index (χ2v) is 6.71. The van der Waals surface area contributed by atoms with E-state index in [1.54, 1.807) is 0 Å². The van der Waals surface area contributed by atoms with Crippen molar-refractivity contribution in [3.8, 4) is 0 Å². The van der Waals surface area contributed by atoms with Gasteiger partial charge in [-0.1, -0.05) is 0 Å². The number of carbonyl (C=O) groups is 1. The third-order valence-corrected chi connectivity index (χ3v) is 4.93. The van der Waals surface area contributed by atoms with E-state index in [1.165, 1.54) is 44.5 Å². The maximum atomic E-state index is 12.1. The molecule has 3 heterocycles. The van der Waals surface area contributed by atoms with Gasteiger partial charge in [-0.2, -0.15) is 5.10 Å². The third kappa shape index (κ3) is 6.77. The summed E-state index contributed by atoms with van der Waals surface area (Å²) in [7, 11) is 0. The molecule has 144 valence electrons. The molecule has 0 radical (unpaired) electrons. The normalized spacial score (nSPS) is 20.6. The summed E-state index contributed by atoms with van der Waals surface area (Å²) in [4.78, 5) is 14.6. The molecule has 0 aliphatic carbocycles. The van der Waals surface area contributed by atoms with Crippen LogP contribution in [0.1, 0.15) is 43.7 Å². The summed E-state index contributed by atoms with van der Waals surface area (Å²) >= 11 is 0. The van der Waals surface area contributed by atoms with Gasteiger partial charge in [-0.15, -0.1) is 24.8 Å². The van der Waals surface area contributed by atoms with Gasteiger partial charge in [0.05, 0.1) is 0 Å². The van der Waals surface area contributed by atoms with Crippen molar-refractivity contribution in [3.63, 3.8) is 0 Å². The first-order valence-electron chi connectivity index (χ1n) is 9.04. The Balaban J connectivity index is 0.00000156. The van der Waals surface area contributed by atoms with Crippen LogP contribution in [-0.4, -0.2) is 59.9 Å². The summed E-state index contributed by atoms with van der Waals surface area (Å²) in [6, 6.07) is 2.05. The molecule has 2 saturated heterocycles. The van der Waals surface area contributed by atoms with Crippen LogP contribution in [0, 0.1) is 0 Å². The van der Waals surface area contributed by atoms with Crippen molar-refractivity contribution >= 4 is 30.7 Å². The number of likely N-dealkylation sites (tertiary alicyclic amines) is 1. The summed E-state index contributed by atoms with van der Waals surface area (Å²) in [5, 5.41) is 10.8. The Morgan fingerprint density at radius 3 is 2.80 bits per heavy atom. The smallest absolute Gasteiger partial charge is 0.241 e. The van der Waals surface area contributed by atoms with Crippen LogP contribution >= 0.6 is 24.8 Å². The van der Waals surface area contributed by atoms with Crippen molar-refractivity contribution in [2.45, 2.75) is 44.6 Å². The molecule has 0 aromatic carbocycles. The maximum Gasteiger partial charge on any atom is 0.241 e. The lowest BCUT2D eigenvalue weighted by Crippen LogP contribution is -2.33. The maximum absolute atomic E-state index is 12.1. The molecular weight excluding hydrogens is 361 g/mol. The molecule has 1 aromatic rings. The third-order valence-electron chi connectivity index (χ3n) is 4.93. The number of nitrogens with one attached hydrogen (secondary N) is 2. The number of hydrogen-bond acceptors (Lipinski definition) is 4. The zero-order valence-corrected chi connectivity index (χ0v) is 16.4. The lowest BCUT2D eigenvalue weighted by Gasteiger charge is -2.23. The molecular formula is C17H31Cl2N5O. The molecule has 1 aromatic heterocycles. The summed E-state index contributed by atoms with van der Waals surface area (Å²) in [5.41, 5.74) is 1.18. The highest BCUT2D eigenvalue weighted by Crippen LogP contribution is 2.22. The summed E-state index contributed by atoms with van der Waals surface area (Å²) in [6.45, 7) is 6.73. The Kier molecular flexibility index (Phi) is 10.4. The molecule has 0 bridgehead atoms. The summed E-state index contributed by atoms with van der Waals surface area (Å²) in [6.07, 6.45) is 7.86. The van der Waals surface area contributed by atoms with E-state index in [4.69, 9.17) is 0 Å². The first-order valence-corrected chi connectivity index (χ1v) is 9.04. The van der Waals surface area contributed by atoms with E-state index in [9.17, 15) is 4.79 Å². The second kappa shape index (κ2) is 11.7. The predicted octanol–water partition coefficient (Wildman–Crippen LogP) is 1.80. The van der Waals surface area contributed by atoms with Crippen molar-refractivity contribution in [2.75, 3.05) is 39.3 Å². The van der Waals surface area contributed by atoms with E-state index in [-0.39, 0.29) is 30.7 Å². The molecule has 8 heteroatoms. The number of halogens is 2. The van der Waals surface area contributed by atoms with Crippen LogP contribution in [-0.2, 0) is 11.3 Å². The highest BCUT2D eigenvalue weighted by Gasteiger charge is 2.19. The predicted molar refractivity (Wildman–Crippen MR) is 105 cm³/mol. The molecule has 0 spiro atoms. The van der Waals surface area contributed by atoms with Gasteiger partial charge in [-0.05, 0) is 64.3 Å². The van der Waals surface area contributed by atoms with Crippen molar-refractivity contribution in [3.05, 3.63) is 18.0 Å². The average Bonchev–Trinajstić information content (AvgIpc) is 3.24. The highest BCUT2D eigenvalue weighted by molar-refractivity contribution is 5.85. The lowest BCUT2D eigenvalue weighted by molar-refractivity contribution is -0.121. The van der Waals surface area contributed by atoms with Crippen molar-refractivity contribution in [2.24, 2.45) is 0 Å². The molecule has 2 aliphatic heterocycles. The molecule has 2 fully saturated rings. The minimum atomic E-state index is 0. The number of aromatic nitrogens is 2. The Hall–Kier alpha value is -0.820. The van der Waals surface area contributed by atoms with Crippen LogP contribution in [0.3, 0.4) is 0 Å². The van der Waals surface area contributed by atoms with Crippen molar-refractivity contribution in [1.82, 2.24) is 25.3 Å². The standard InChI is InChI=1S/C17H29N5O.2ClH/c23-17(19-8-4-12-21-10-1-2-11-21)14-22-16(6-9-20-22)15-5-3-7-18-13-15;;/h6,9,15,18H,1-5,7-8,10-14H2,(H,19,23);2*1H. The Labute approximate surface area is 162 Å². The van der Waals surface area contributed by atoms with Crippen LogP contribution in [0.25, 0.3) is 0 Å². The molecule has 1 amide bonds. The highest BCUT2D eigenvalue weighted by atomic mass is 35.5. The fourth-order valence-corrected chi connectivity index (χ4v) is 3.65. The molecule has 1 unspecified atom stereocenters. The van der Waals surface area contributed by atoms with Gasteiger partial charge < -0.3 is 15.5 Å². The van der Waals surface area contributed by atoms with Gasteiger partial charge in [0.1, 0.15) is 6.54 Å². The fourth-order valence-electron chi connectivity index (χ4n) is 3.65. The first kappa shape index (κ1) is 22.2. The Morgan fingerprint density at radius 2 is 2.08 bits per heavy atom. The minimum absolute atomic E-state index is 0. The minimum Gasteiger partial charge on any atom is -0.354 e. The van der Waals surface area contributed by atoms with E-state index < -0.39 is 0 Å². The van der Waals surface area contributed by atoms with Gasteiger partial charge in [-0.3, -0.25) is 9.48 Å². The number of amides is 1. The summed E-state index contributed by atoms with van der Waals surface area (Å²) < 4.78 is 1.87. The second-order valence-electron chi connectivity index (χ2n) is 6.71. The number of piperidine rings is 1. The quantitative estimate of drug-likeness (QED) is 0.695. The Bertz CT molecular complexity index is 499. The van der Waals surface area contributed by atoms with E-state index in [0.29, 0.717) is 12.5 Å². The number of rotatable bonds is 7. The molecule has 3 rings (SSSR count). The fraction of sp³-hybridized carbons (Fsp3) is 0.765. The molecule has 1 atom stereocenters. The zero-order valence-electron chi connectivity index (χ0n) is 14.8. The SMILES string of the molecule is Cl.Cl.O=C(Cn1nccc1C1CCCNC1)NCCCN1CCCC1. The Morgan fingerprint density at radius 1 is 1.28 bits per heavy atom. The lowest BCUT2D eigenvalue weighted by atomic mass is 9.96. The van der Waals surface area contributed by atoms with Gasteiger partial charge in [0, 0.05) is 30.9 Å². The van der Waals surface area contributed by atoms with Crippen LogP contribution in [0.4, 0.5) is 0 Å². The molecule has 2 N–H and O–H groups in total. The molecule has 25 heavy (non-hydrogen) atoms. The van der Waals surface area contributed by atoms with Crippen LogP contribution in [0.15, 0.2) is 12.3 Å². The van der Waals surface area contributed by atoms with Crippen LogP contribution in [0.2, 0.25) is 0 Å². The van der Waals surface area contributed by atoms with E-state index >= 15 is 0 Å². The molecule has 2 aliphatic rings. The number of carbonyl (C=O) groups excluding carboxylic acids is 1. The molecule has 6 nitrogen and oxygen atoms in total. The van der Waals surface area contributed by atoms with E-state index in [2.05, 4.69) is 26.7 Å². The number of nitrogens with zero attached hydrogens (tertiary/aromatic N) is 3. The monoisotopic (exact) mass is 391 g/mol. The van der Waals surface area contributed by atoms with E-state index in [1.807, 2.05) is 10.9 Å².